The van der Waals surface area contributed by atoms with Crippen molar-refractivity contribution in [2.75, 3.05) is 19.7 Å². The van der Waals surface area contributed by atoms with Gasteiger partial charge in [-0.25, -0.2) is 0 Å². The minimum atomic E-state index is 0.144. The lowest BCUT2D eigenvalue weighted by Gasteiger charge is -2.14. The highest BCUT2D eigenvalue weighted by atomic mass is 16.5. The van der Waals surface area contributed by atoms with Crippen LogP contribution in [0.4, 0.5) is 0 Å². The van der Waals surface area contributed by atoms with Gasteiger partial charge in [-0.15, -0.1) is 0 Å². The van der Waals surface area contributed by atoms with Crippen LogP contribution >= 0.6 is 0 Å². The molecule has 90 valence electrons. The first-order valence-electron chi connectivity index (χ1n) is 6.05. The molecule has 0 aromatic heterocycles. The van der Waals surface area contributed by atoms with Crippen LogP contribution in [-0.2, 0) is 4.79 Å². The molecule has 2 aliphatic heterocycles. The lowest BCUT2D eigenvalue weighted by molar-refractivity contribution is -0.119. The van der Waals surface area contributed by atoms with E-state index in [2.05, 4.69) is 16.7 Å². The fraction of sp³-hybridized carbons (Fsp3) is 0.462. The van der Waals surface area contributed by atoms with Gasteiger partial charge in [0.25, 0.3) is 0 Å². The highest BCUT2D eigenvalue weighted by Gasteiger charge is 2.26. The van der Waals surface area contributed by atoms with E-state index in [0.29, 0.717) is 12.3 Å². The average Bonchev–Trinajstić information content (AvgIpc) is 2.93. The molecule has 0 aliphatic carbocycles. The minimum absolute atomic E-state index is 0.144. The molecule has 1 amide bonds. The molecule has 3 rings (SSSR count). The number of ether oxygens (including phenoxy) is 1. The van der Waals surface area contributed by atoms with E-state index in [4.69, 9.17) is 4.74 Å². The summed E-state index contributed by atoms with van der Waals surface area (Å²) in [5.41, 5.74) is 1.28. The van der Waals surface area contributed by atoms with Gasteiger partial charge >= 0.3 is 0 Å². The number of carbonyl (C=O) groups excluding carboxylic acids is 1. The van der Waals surface area contributed by atoms with Crippen molar-refractivity contribution in [2.45, 2.75) is 18.4 Å². The maximum absolute atomic E-state index is 11.1. The van der Waals surface area contributed by atoms with Crippen LogP contribution in [0, 0.1) is 0 Å². The number of hydrogen-bond acceptors (Lipinski definition) is 3. The number of benzene rings is 1. The Kier molecular flexibility index (Phi) is 2.73. The van der Waals surface area contributed by atoms with E-state index >= 15 is 0 Å². The number of carbonyl (C=O) groups is 1. The molecular formula is C13H16N2O2. The van der Waals surface area contributed by atoms with E-state index < -0.39 is 0 Å². The normalized spacial score (nSPS) is 26.5. The number of rotatable bonds is 3. The summed E-state index contributed by atoms with van der Waals surface area (Å²) < 4.78 is 5.62. The third-order valence-electron chi connectivity index (χ3n) is 3.43. The Morgan fingerprint density at radius 1 is 1.41 bits per heavy atom. The average molecular weight is 232 g/mol. The molecule has 2 heterocycles. The number of amides is 1. The summed E-state index contributed by atoms with van der Waals surface area (Å²) in [5.74, 6) is 1.55. The molecule has 2 N–H and O–H groups in total. The van der Waals surface area contributed by atoms with Crippen LogP contribution in [0.5, 0.6) is 5.75 Å². The second kappa shape index (κ2) is 4.37. The lowest BCUT2D eigenvalue weighted by Crippen LogP contribution is -2.34. The highest BCUT2D eigenvalue weighted by molar-refractivity contribution is 5.78. The maximum atomic E-state index is 11.1. The molecule has 1 fully saturated rings. The van der Waals surface area contributed by atoms with Crippen LogP contribution < -0.4 is 15.4 Å². The van der Waals surface area contributed by atoms with E-state index in [1.165, 1.54) is 5.56 Å². The van der Waals surface area contributed by atoms with Crippen molar-refractivity contribution >= 4 is 5.91 Å². The van der Waals surface area contributed by atoms with Crippen LogP contribution in [0.3, 0.4) is 0 Å². The number of hydrogen-bond donors (Lipinski definition) is 2. The van der Waals surface area contributed by atoms with Gasteiger partial charge in [0.1, 0.15) is 5.75 Å². The van der Waals surface area contributed by atoms with Gasteiger partial charge in [0, 0.05) is 37.0 Å². The number of para-hydroxylation sites is 1. The zero-order chi connectivity index (χ0) is 11.7. The second-order valence-electron chi connectivity index (χ2n) is 4.66. The molecule has 0 radical (unpaired) electrons. The number of fused-ring (bicyclic) bond motifs is 1. The molecule has 4 heteroatoms. The van der Waals surface area contributed by atoms with Crippen molar-refractivity contribution < 1.29 is 9.53 Å². The van der Waals surface area contributed by atoms with Gasteiger partial charge in [0.2, 0.25) is 5.91 Å². The topological polar surface area (TPSA) is 50.4 Å². The summed E-state index contributed by atoms with van der Waals surface area (Å²) >= 11 is 0. The van der Waals surface area contributed by atoms with E-state index in [1.807, 2.05) is 18.2 Å². The first-order valence-corrected chi connectivity index (χ1v) is 6.05. The Balaban J connectivity index is 1.59. The lowest BCUT2D eigenvalue weighted by atomic mass is 10.0. The smallest absolute Gasteiger partial charge is 0.221 e. The van der Waals surface area contributed by atoms with Gasteiger partial charge in [-0.3, -0.25) is 4.79 Å². The zero-order valence-electron chi connectivity index (χ0n) is 9.61. The molecular weight excluding hydrogens is 216 g/mol. The van der Waals surface area contributed by atoms with E-state index in [-0.39, 0.29) is 11.9 Å². The van der Waals surface area contributed by atoms with Crippen LogP contribution in [0.15, 0.2) is 24.3 Å². The standard InChI is InChI=1S/C13H16N2O2/c16-13-5-10(7-15-13)14-6-9-8-17-12-4-2-1-3-11(9)12/h1-4,9-10,14H,5-8H2,(H,15,16). The fourth-order valence-electron chi connectivity index (χ4n) is 2.46. The molecule has 2 aliphatic rings. The fourth-order valence-corrected chi connectivity index (χ4v) is 2.46. The van der Waals surface area contributed by atoms with Crippen molar-refractivity contribution in [3.8, 4) is 5.75 Å². The van der Waals surface area contributed by atoms with Crippen molar-refractivity contribution in [2.24, 2.45) is 0 Å². The molecule has 0 bridgehead atoms. The molecule has 0 saturated carbocycles. The number of nitrogens with one attached hydrogen (secondary N) is 2. The van der Waals surface area contributed by atoms with Crippen LogP contribution in [0.1, 0.15) is 17.9 Å². The molecule has 1 aromatic rings. The first-order chi connectivity index (χ1) is 8.33. The van der Waals surface area contributed by atoms with Gasteiger partial charge in [0.15, 0.2) is 0 Å². The Hall–Kier alpha value is -1.55. The van der Waals surface area contributed by atoms with Crippen molar-refractivity contribution in [3.63, 3.8) is 0 Å². The molecule has 2 unspecified atom stereocenters. The predicted octanol–water partition coefficient (Wildman–Crippen LogP) is 0.641. The molecule has 17 heavy (non-hydrogen) atoms. The Bertz CT molecular complexity index is 433. The Morgan fingerprint density at radius 2 is 2.29 bits per heavy atom. The van der Waals surface area contributed by atoms with E-state index in [1.54, 1.807) is 0 Å². The third kappa shape index (κ3) is 2.13. The van der Waals surface area contributed by atoms with Gasteiger partial charge in [0.05, 0.1) is 6.61 Å². The zero-order valence-corrected chi connectivity index (χ0v) is 9.61. The largest absolute Gasteiger partial charge is 0.493 e. The summed E-state index contributed by atoms with van der Waals surface area (Å²) in [6, 6.07) is 8.44. The summed E-state index contributed by atoms with van der Waals surface area (Å²) in [7, 11) is 0. The summed E-state index contributed by atoms with van der Waals surface area (Å²) in [6.45, 7) is 2.35. The Labute approximate surface area is 100 Å². The molecule has 1 aromatic carbocycles. The van der Waals surface area contributed by atoms with Gasteiger partial charge in [-0.2, -0.15) is 0 Å². The van der Waals surface area contributed by atoms with Crippen LogP contribution in [0.25, 0.3) is 0 Å². The van der Waals surface area contributed by atoms with Gasteiger partial charge < -0.3 is 15.4 Å². The van der Waals surface area contributed by atoms with Gasteiger partial charge in [-0.05, 0) is 6.07 Å². The van der Waals surface area contributed by atoms with E-state index in [0.717, 1.165) is 25.4 Å². The van der Waals surface area contributed by atoms with Crippen molar-refractivity contribution in [1.29, 1.82) is 0 Å². The highest BCUT2D eigenvalue weighted by Crippen LogP contribution is 2.32. The summed E-state index contributed by atoms with van der Waals surface area (Å²) in [5, 5.41) is 6.26. The molecule has 1 saturated heterocycles. The second-order valence-corrected chi connectivity index (χ2v) is 4.66. The monoisotopic (exact) mass is 232 g/mol. The van der Waals surface area contributed by atoms with Crippen LogP contribution in [-0.4, -0.2) is 31.6 Å². The molecule has 0 spiro atoms. The quantitative estimate of drug-likeness (QED) is 0.804. The summed E-state index contributed by atoms with van der Waals surface area (Å²) in [6.07, 6.45) is 0.592. The SMILES string of the molecule is O=C1CC(NCC2COc3ccccc32)CN1. The van der Waals surface area contributed by atoms with Crippen molar-refractivity contribution in [3.05, 3.63) is 29.8 Å². The Morgan fingerprint density at radius 3 is 3.12 bits per heavy atom. The predicted molar refractivity (Wildman–Crippen MR) is 64.1 cm³/mol. The minimum Gasteiger partial charge on any atom is -0.493 e. The molecule has 4 nitrogen and oxygen atoms in total. The summed E-state index contributed by atoms with van der Waals surface area (Å²) in [4.78, 5) is 11.1. The maximum Gasteiger partial charge on any atom is 0.221 e. The van der Waals surface area contributed by atoms with E-state index in [9.17, 15) is 4.79 Å². The van der Waals surface area contributed by atoms with Crippen LogP contribution in [0.2, 0.25) is 0 Å². The first kappa shape index (κ1) is 10.6. The van der Waals surface area contributed by atoms with Gasteiger partial charge in [-0.1, -0.05) is 18.2 Å². The van der Waals surface area contributed by atoms with Crippen molar-refractivity contribution in [1.82, 2.24) is 10.6 Å². The molecule has 2 atom stereocenters. The third-order valence-corrected chi connectivity index (χ3v) is 3.43.